The van der Waals surface area contributed by atoms with Crippen LogP contribution in [-0.4, -0.2) is 44.2 Å². The Balaban J connectivity index is 1.77. The van der Waals surface area contributed by atoms with Crippen molar-refractivity contribution in [2.75, 3.05) is 25.4 Å². The van der Waals surface area contributed by atoms with E-state index < -0.39 is 10.0 Å². The van der Waals surface area contributed by atoms with Gasteiger partial charge in [-0.3, -0.25) is 0 Å². The number of sulfonamides is 1. The van der Waals surface area contributed by atoms with Crippen LogP contribution >= 0.6 is 0 Å². The van der Waals surface area contributed by atoms with E-state index in [9.17, 15) is 8.42 Å². The third-order valence-corrected chi connectivity index (χ3v) is 6.95. The first-order valence-electron chi connectivity index (χ1n) is 8.85. The lowest BCUT2D eigenvalue weighted by Gasteiger charge is -2.28. The van der Waals surface area contributed by atoms with Crippen molar-refractivity contribution in [2.45, 2.75) is 70.8 Å². The van der Waals surface area contributed by atoms with E-state index in [4.69, 9.17) is 0 Å². The second-order valence-electron chi connectivity index (χ2n) is 6.64. The summed E-state index contributed by atoms with van der Waals surface area (Å²) in [6.45, 7) is 4.88. The van der Waals surface area contributed by atoms with Crippen LogP contribution in [0.3, 0.4) is 0 Å². The van der Waals surface area contributed by atoms with E-state index in [1.54, 1.807) is 0 Å². The van der Waals surface area contributed by atoms with Crippen LogP contribution in [0.15, 0.2) is 0 Å². The van der Waals surface area contributed by atoms with E-state index in [0.717, 1.165) is 51.7 Å². The molecule has 4 nitrogen and oxygen atoms in total. The molecule has 0 spiro atoms. The smallest absolute Gasteiger partial charge is 0.214 e. The predicted molar refractivity (Wildman–Crippen MR) is 87.9 cm³/mol. The molecule has 1 aliphatic carbocycles. The minimum Gasteiger partial charge on any atom is -0.317 e. The Bertz CT molecular complexity index is 391. The minimum atomic E-state index is -3.03. The molecule has 1 aliphatic heterocycles. The molecule has 1 heterocycles. The SMILES string of the molecule is CCCNCCCCS(=O)(=O)N1CCCC1C1CCCC1. The summed E-state index contributed by atoms with van der Waals surface area (Å²) in [5.41, 5.74) is 0. The molecule has 0 aromatic heterocycles. The Morgan fingerprint density at radius 3 is 2.52 bits per heavy atom. The highest BCUT2D eigenvalue weighted by Gasteiger charge is 2.39. The fraction of sp³-hybridized carbons (Fsp3) is 1.00. The maximum atomic E-state index is 12.6. The van der Waals surface area contributed by atoms with Crippen LogP contribution in [0.1, 0.15) is 64.7 Å². The number of hydrogen-bond acceptors (Lipinski definition) is 3. The first-order valence-corrected chi connectivity index (χ1v) is 10.5. The topological polar surface area (TPSA) is 49.4 Å². The van der Waals surface area contributed by atoms with Gasteiger partial charge in [0.25, 0.3) is 0 Å². The summed E-state index contributed by atoms with van der Waals surface area (Å²) in [6, 6.07) is 0.315. The lowest BCUT2D eigenvalue weighted by Crippen LogP contribution is -2.40. The zero-order valence-corrected chi connectivity index (χ0v) is 14.3. The summed E-state index contributed by atoms with van der Waals surface area (Å²) in [6.07, 6.45) is 10.1. The largest absolute Gasteiger partial charge is 0.317 e. The summed E-state index contributed by atoms with van der Waals surface area (Å²) < 4.78 is 27.1. The molecule has 0 amide bonds. The highest BCUT2D eigenvalue weighted by Crippen LogP contribution is 2.36. The number of hydrogen-bond donors (Lipinski definition) is 1. The second-order valence-corrected chi connectivity index (χ2v) is 8.68. The van der Waals surface area contributed by atoms with Crippen molar-refractivity contribution in [3.05, 3.63) is 0 Å². The Morgan fingerprint density at radius 2 is 1.81 bits per heavy atom. The van der Waals surface area contributed by atoms with Gasteiger partial charge in [0.1, 0.15) is 0 Å². The van der Waals surface area contributed by atoms with E-state index in [-0.39, 0.29) is 0 Å². The van der Waals surface area contributed by atoms with Crippen molar-refractivity contribution in [2.24, 2.45) is 5.92 Å². The van der Waals surface area contributed by atoms with Gasteiger partial charge in [-0.2, -0.15) is 4.31 Å². The molecule has 1 saturated heterocycles. The van der Waals surface area contributed by atoms with Gasteiger partial charge >= 0.3 is 0 Å². The summed E-state index contributed by atoms with van der Waals surface area (Å²) in [7, 11) is -3.03. The monoisotopic (exact) mass is 316 g/mol. The Hall–Kier alpha value is -0.130. The first-order chi connectivity index (χ1) is 10.1. The number of nitrogens with one attached hydrogen (secondary N) is 1. The van der Waals surface area contributed by atoms with E-state index >= 15 is 0 Å². The van der Waals surface area contributed by atoms with E-state index in [1.165, 1.54) is 25.7 Å². The van der Waals surface area contributed by atoms with Gasteiger partial charge in [0.2, 0.25) is 10.0 Å². The molecule has 21 heavy (non-hydrogen) atoms. The molecule has 2 aliphatic rings. The summed E-state index contributed by atoms with van der Waals surface area (Å²) in [4.78, 5) is 0. The average Bonchev–Trinajstić information content (AvgIpc) is 3.11. The first kappa shape index (κ1) is 17.2. The van der Waals surface area contributed by atoms with Crippen molar-refractivity contribution in [3.8, 4) is 0 Å². The van der Waals surface area contributed by atoms with Crippen molar-refractivity contribution < 1.29 is 8.42 Å². The van der Waals surface area contributed by atoms with Gasteiger partial charge in [-0.25, -0.2) is 8.42 Å². The molecule has 1 atom stereocenters. The predicted octanol–water partition coefficient (Wildman–Crippen LogP) is 2.75. The third kappa shape index (κ3) is 4.93. The van der Waals surface area contributed by atoms with Crippen LogP contribution in [0, 0.1) is 5.92 Å². The number of nitrogens with zero attached hydrogens (tertiary/aromatic N) is 1. The second kappa shape index (κ2) is 8.49. The van der Waals surface area contributed by atoms with Crippen LogP contribution in [-0.2, 0) is 10.0 Å². The normalized spacial score (nSPS) is 24.9. The van der Waals surface area contributed by atoms with Gasteiger partial charge in [-0.1, -0.05) is 19.8 Å². The van der Waals surface area contributed by atoms with Gasteiger partial charge in [0.05, 0.1) is 5.75 Å². The molecule has 5 heteroatoms. The molecule has 2 rings (SSSR count). The van der Waals surface area contributed by atoms with Crippen LogP contribution < -0.4 is 5.32 Å². The minimum absolute atomic E-state index is 0.315. The standard InChI is InChI=1S/C16H32N2O2S/c1-2-11-17-12-5-6-14-21(19,20)18-13-7-10-16(18)15-8-3-4-9-15/h15-17H,2-14H2,1H3. The Morgan fingerprint density at radius 1 is 1.05 bits per heavy atom. The summed E-state index contributed by atoms with van der Waals surface area (Å²) >= 11 is 0. The van der Waals surface area contributed by atoms with Gasteiger partial charge in [0, 0.05) is 12.6 Å². The molecule has 1 N–H and O–H groups in total. The maximum absolute atomic E-state index is 12.6. The van der Waals surface area contributed by atoms with Gasteiger partial charge in [-0.15, -0.1) is 0 Å². The zero-order valence-electron chi connectivity index (χ0n) is 13.5. The number of rotatable bonds is 9. The number of unbranched alkanes of at least 4 members (excludes halogenated alkanes) is 1. The molecular weight excluding hydrogens is 284 g/mol. The van der Waals surface area contributed by atoms with Crippen LogP contribution in [0.4, 0.5) is 0 Å². The fourth-order valence-corrected chi connectivity index (χ4v) is 5.78. The van der Waals surface area contributed by atoms with Crippen LogP contribution in [0.25, 0.3) is 0 Å². The molecule has 2 fully saturated rings. The zero-order chi connectivity index (χ0) is 15.1. The molecule has 0 radical (unpaired) electrons. The van der Waals surface area contributed by atoms with Crippen LogP contribution in [0.2, 0.25) is 0 Å². The molecule has 1 saturated carbocycles. The molecule has 0 bridgehead atoms. The third-order valence-electron chi connectivity index (χ3n) is 4.98. The van der Waals surface area contributed by atoms with E-state index in [0.29, 0.717) is 17.7 Å². The summed E-state index contributed by atoms with van der Waals surface area (Å²) in [5.74, 6) is 0.970. The summed E-state index contributed by atoms with van der Waals surface area (Å²) in [5, 5.41) is 3.34. The highest BCUT2D eigenvalue weighted by molar-refractivity contribution is 7.89. The van der Waals surface area contributed by atoms with E-state index in [2.05, 4.69) is 12.2 Å². The van der Waals surface area contributed by atoms with Crippen LogP contribution in [0.5, 0.6) is 0 Å². The quantitative estimate of drug-likeness (QED) is 0.665. The maximum Gasteiger partial charge on any atom is 0.214 e. The van der Waals surface area contributed by atoms with Gasteiger partial charge in [0.15, 0.2) is 0 Å². The van der Waals surface area contributed by atoms with Crippen molar-refractivity contribution in [1.29, 1.82) is 0 Å². The Labute approximate surface area is 130 Å². The van der Waals surface area contributed by atoms with Crippen molar-refractivity contribution in [1.82, 2.24) is 9.62 Å². The lowest BCUT2D eigenvalue weighted by atomic mass is 9.97. The molecular formula is C16H32N2O2S. The lowest BCUT2D eigenvalue weighted by molar-refractivity contribution is 0.288. The van der Waals surface area contributed by atoms with Crippen molar-refractivity contribution >= 4 is 10.0 Å². The molecule has 0 aromatic carbocycles. The highest BCUT2D eigenvalue weighted by atomic mass is 32.2. The Kier molecular flexibility index (Phi) is 6.96. The molecule has 124 valence electrons. The van der Waals surface area contributed by atoms with E-state index in [1.807, 2.05) is 4.31 Å². The molecule has 1 unspecified atom stereocenters. The average molecular weight is 317 g/mol. The fourth-order valence-electron chi connectivity index (χ4n) is 3.88. The van der Waals surface area contributed by atoms with Gasteiger partial charge in [-0.05, 0) is 64.0 Å². The van der Waals surface area contributed by atoms with Crippen molar-refractivity contribution in [3.63, 3.8) is 0 Å². The molecule has 0 aromatic rings. The van der Waals surface area contributed by atoms with Gasteiger partial charge < -0.3 is 5.32 Å².